The Morgan fingerprint density at radius 1 is 1.33 bits per heavy atom. The van der Waals surface area contributed by atoms with Gasteiger partial charge in [0.2, 0.25) is 5.91 Å². The van der Waals surface area contributed by atoms with E-state index in [1.54, 1.807) is 31.2 Å². The Labute approximate surface area is 104 Å². The van der Waals surface area contributed by atoms with Crippen molar-refractivity contribution in [3.05, 3.63) is 35.4 Å². The molecule has 1 fully saturated rings. The van der Waals surface area contributed by atoms with Gasteiger partial charge in [0.05, 0.1) is 0 Å². The van der Waals surface area contributed by atoms with Gasteiger partial charge in [0.25, 0.3) is 5.91 Å². The summed E-state index contributed by atoms with van der Waals surface area (Å²) in [5, 5.41) is 9.02. The van der Waals surface area contributed by atoms with Crippen LogP contribution in [0.1, 0.15) is 28.8 Å². The minimum Gasteiger partial charge on any atom is -0.480 e. The number of hydrogen-bond donors (Lipinski definition) is 1. The molecule has 0 saturated carbocycles. The topological polar surface area (TPSA) is 74.7 Å². The number of amides is 2. The van der Waals surface area contributed by atoms with Crippen molar-refractivity contribution in [1.82, 2.24) is 4.90 Å². The minimum absolute atomic E-state index is 0.106. The van der Waals surface area contributed by atoms with Crippen LogP contribution in [0.25, 0.3) is 0 Å². The first-order chi connectivity index (χ1) is 8.52. The Morgan fingerprint density at radius 3 is 2.61 bits per heavy atom. The number of nitrogens with zero attached hydrogens (tertiary/aromatic N) is 1. The molecular weight excluding hydrogens is 234 g/mol. The van der Waals surface area contributed by atoms with Crippen molar-refractivity contribution in [1.29, 1.82) is 0 Å². The number of imide groups is 1. The van der Waals surface area contributed by atoms with Gasteiger partial charge in [-0.3, -0.25) is 14.5 Å². The number of aryl methyl sites for hydroxylation is 1. The number of aliphatic carboxylic acids is 1. The molecule has 0 aromatic heterocycles. The van der Waals surface area contributed by atoms with Gasteiger partial charge in [0, 0.05) is 12.0 Å². The average Bonchev–Trinajstić information content (AvgIpc) is 2.71. The van der Waals surface area contributed by atoms with E-state index >= 15 is 0 Å². The molecule has 94 valence electrons. The zero-order valence-corrected chi connectivity index (χ0v) is 9.92. The molecular formula is C13H13NO4. The van der Waals surface area contributed by atoms with Crippen molar-refractivity contribution in [3.63, 3.8) is 0 Å². The highest BCUT2D eigenvalue weighted by atomic mass is 16.4. The van der Waals surface area contributed by atoms with Gasteiger partial charge in [-0.25, -0.2) is 4.79 Å². The van der Waals surface area contributed by atoms with Crippen LogP contribution in [-0.4, -0.2) is 33.8 Å². The van der Waals surface area contributed by atoms with Gasteiger partial charge in [-0.15, -0.1) is 0 Å². The molecule has 1 aromatic rings. The lowest BCUT2D eigenvalue weighted by atomic mass is 10.1. The van der Waals surface area contributed by atoms with E-state index in [0.717, 1.165) is 10.5 Å². The average molecular weight is 247 g/mol. The molecule has 1 N–H and O–H groups in total. The maximum atomic E-state index is 12.2. The van der Waals surface area contributed by atoms with Crippen LogP contribution in [0.3, 0.4) is 0 Å². The van der Waals surface area contributed by atoms with Gasteiger partial charge in [0.15, 0.2) is 0 Å². The standard InChI is InChI=1S/C13H13NO4/c1-8-4-2-3-5-9(8)12(16)14-10(13(17)18)6-7-11(14)15/h2-5,10H,6-7H2,1H3,(H,17,18)/t10-/m0/s1. The number of carboxylic acid groups (broad SMARTS) is 1. The predicted molar refractivity (Wildman–Crippen MR) is 63.0 cm³/mol. The number of hydrogen-bond acceptors (Lipinski definition) is 3. The number of likely N-dealkylation sites (tertiary alicyclic amines) is 1. The molecule has 1 heterocycles. The minimum atomic E-state index is -1.14. The second kappa shape index (κ2) is 4.60. The molecule has 5 heteroatoms. The molecule has 0 spiro atoms. The third-order valence-electron chi connectivity index (χ3n) is 3.09. The molecule has 0 bridgehead atoms. The van der Waals surface area contributed by atoms with Crippen molar-refractivity contribution in [2.24, 2.45) is 0 Å². The van der Waals surface area contributed by atoms with E-state index in [1.165, 1.54) is 0 Å². The summed E-state index contributed by atoms with van der Waals surface area (Å²) in [6.07, 6.45) is 0.292. The Kier molecular flexibility index (Phi) is 3.14. The molecule has 1 aliphatic rings. The van der Waals surface area contributed by atoms with Crippen LogP contribution in [0.4, 0.5) is 0 Å². The zero-order valence-electron chi connectivity index (χ0n) is 9.92. The smallest absolute Gasteiger partial charge is 0.326 e. The van der Waals surface area contributed by atoms with E-state index in [0.29, 0.717) is 5.56 Å². The summed E-state index contributed by atoms with van der Waals surface area (Å²) in [7, 11) is 0. The molecule has 0 radical (unpaired) electrons. The van der Waals surface area contributed by atoms with Crippen LogP contribution in [0.5, 0.6) is 0 Å². The number of rotatable bonds is 2. The second-order valence-corrected chi connectivity index (χ2v) is 4.28. The Hall–Kier alpha value is -2.17. The zero-order chi connectivity index (χ0) is 13.3. The lowest BCUT2D eigenvalue weighted by Gasteiger charge is -2.20. The van der Waals surface area contributed by atoms with Gasteiger partial charge in [-0.1, -0.05) is 18.2 Å². The number of benzene rings is 1. The first-order valence-electron chi connectivity index (χ1n) is 5.67. The molecule has 5 nitrogen and oxygen atoms in total. The largest absolute Gasteiger partial charge is 0.480 e. The summed E-state index contributed by atoms with van der Waals surface area (Å²) in [5.41, 5.74) is 1.10. The molecule has 1 aromatic carbocycles. The van der Waals surface area contributed by atoms with E-state index in [4.69, 9.17) is 5.11 Å². The lowest BCUT2D eigenvalue weighted by molar-refractivity contribution is -0.144. The molecule has 0 unspecified atom stereocenters. The summed E-state index contributed by atoms with van der Waals surface area (Å²) in [5.74, 6) is -2.08. The van der Waals surface area contributed by atoms with Crippen molar-refractivity contribution in [2.45, 2.75) is 25.8 Å². The van der Waals surface area contributed by atoms with E-state index in [1.807, 2.05) is 0 Å². The van der Waals surface area contributed by atoms with Gasteiger partial charge >= 0.3 is 5.97 Å². The third kappa shape index (κ3) is 1.99. The van der Waals surface area contributed by atoms with Crippen molar-refractivity contribution < 1.29 is 19.5 Å². The van der Waals surface area contributed by atoms with E-state index in [9.17, 15) is 14.4 Å². The van der Waals surface area contributed by atoms with Gasteiger partial charge in [-0.2, -0.15) is 0 Å². The van der Waals surface area contributed by atoms with Crippen LogP contribution in [0, 0.1) is 6.92 Å². The quantitative estimate of drug-likeness (QED) is 0.797. The molecule has 2 rings (SSSR count). The number of carbonyl (C=O) groups is 3. The molecule has 1 saturated heterocycles. The summed E-state index contributed by atoms with van der Waals surface area (Å²) in [4.78, 5) is 35.8. The lowest BCUT2D eigenvalue weighted by Crippen LogP contribution is -2.43. The fourth-order valence-electron chi connectivity index (χ4n) is 2.11. The molecule has 18 heavy (non-hydrogen) atoms. The van der Waals surface area contributed by atoms with Crippen LogP contribution in [0.2, 0.25) is 0 Å². The normalized spacial score (nSPS) is 19.1. The highest BCUT2D eigenvalue weighted by molar-refractivity contribution is 6.09. The summed E-state index contributed by atoms with van der Waals surface area (Å²) < 4.78 is 0. The summed E-state index contributed by atoms with van der Waals surface area (Å²) >= 11 is 0. The Bertz CT molecular complexity index is 523. The van der Waals surface area contributed by atoms with Crippen LogP contribution in [-0.2, 0) is 9.59 Å². The molecule has 1 atom stereocenters. The fraction of sp³-hybridized carbons (Fsp3) is 0.308. The highest BCUT2D eigenvalue weighted by Gasteiger charge is 2.40. The Morgan fingerprint density at radius 2 is 2.00 bits per heavy atom. The molecule has 2 amide bonds. The summed E-state index contributed by atoms with van der Waals surface area (Å²) in [6, 6.07) is 5.79. The fourth-order valence-corrected chi connectivity index (χ4v) is 2.11. The van der Waals surface area contributed by atoms with Crippen molar-refractivity contribution in [2.75, 3.05) is 0 Å². The molecule has 0 aliphatic carbocycles. The predicted octanol–water partition coefficient (Wildman–Crippen LogP) is 1.21. The molecule has 1 aliphatic heterocycles. The van der Waals surface area contributed by atoms with Gasteiger partial charge < -0.3 is 5.11 Å². The SMILES string of the molecule is Cc1ccccc1C(=O)N1C(=O)CC[C@H]1C(=O)O. The van der Waals surface area contributed by atoms with E-state index in [2.05, 4.69) is 0 Å². The maximum absolute atomic E-state index is 12.2. The van der Waals surface area contributed by atoms with Gasteiger partial charge in [-0.05, 0) is 25.0 Å². The van der Waals surface area contributed by atoms with Crippen LogP contribution >= 0.6 is 0 Å². The first kappa shape index (κ1) is 12.3. The third-order valence-corrected chi connectivity index (χ3v) is 3.09. The summed E-state index contributed by atoms with van der Waals surface area (Å²) in [6.45, 7) is 1.75. The highest BCUT2D eigenvalue weighted by Crippen LogP contribution is 2.22. The van der Waals surface area contributed by atoms with Crippen molar-refractivity contribution in [3.8, 4) is 0 Å². The Balaban J connectivity index is 2.36. The number of carboxylic acids is 1. The second-order valence-electron chi connectivity index (χ2n) is 4.28. The first-order valence-corrected chi connectivity index (χ1v) is 5.67. The van der Waals surface area contributed by atoms with Crippen LogP contribution in [0.15, 0.2) is 24.3 Å². The van der Waals surface area contributed by atoms with Crippen molar-refractivity contribution >= 4 is 17.8 Å². The number of carbonyl (C=O) groups excluding carboxylic acids is 2. The maximum Gasteiger partial charge on any atom is 0.326 e. The van der Waals surface area contributed by atoms with Crippen LogP contribution < -0.4 is 0 Å². The monoisotopic (exact) mass is 247 g/mol. The van der Waals surface area contributed by atoms with E-state index < -0.39 is 23.8 Å². The van der Waals surface area contributed by atoms with E-state index in [-0.39, 0.29) is 12.8 Å². The van der Waals surface area contributed by atoms with Gasteiger partial charge in [0.1, 0.15) is 6.04 Å².